The van der Waals surface area contributed by atoms with Crippen molar-refractivity contribution in [1.29, 1.82) is 0 Å². The van der Waals surface area contributed by atoms with Gasteiger partial charge >= 0.3 is 0 Å². The molecule has 1 N–H and O–H groups in total. The summed E-state index contributed by atoms with van der Waals surface area (Å²) in [7, 11) is 3.71. The fourth-order valence-corrected chi connectivity index (χ4v) is 2.05. The SMILES string of the molecule is CNCCCN(C)C(=O)c1cc2cc(C)ccc2o1. The maximum absolute atomic E-state index is 12.2. The van der Waals surface area contributed by atoms with Gasteiger partial charge in [0.05, 0.1) is 0 Å². The fraction of sp³-hybridized carbons (Fsp3) is 0.400. The Morgan fingerprint density at radius 2 is 2.16 bits per heavy atom. The molecule has 1 heterocycles. The zero-order chi connectivity index (χ0) is 13.8. The quantitative estimate of drug-likeness (QED) is 0.840. The van der Waals surface area contributed by atoms with Crippen LogP contribution in [0.1, 0.15) is 22.5 Å². The van der Waals surface area contributed by atoms with Crippen molar-refractivity contribution < 1.29 is 9.21 Å². The lowest BCUT2D eigenvalue weighted by Crippen LogP contribution is -2.29. The van der Waals surface area contributed by atoms with Crippen LogP contribution in [0.4, 0.5) is 0 Å². The molecule has 0 unspecified atom stereocenters. The summed E-state index contributed by atoms with van der Waals surface area (Å²) in [6.45, 7) is 3.64. The van der Waals surface area contributed by atoms with E-state index < -0.39 is 0 Å². The van der Waals surface area contributed by atoms with Crippen molar-refractivity contribution in [3.8, 4) is 0 Å². The fourth-order valence-electron chi connectivity index (χ4n) is 2.05. The van der Waals surface area contributed by atoms with E-state index in [2.05, 4.69) is 5.32 Å². The Morgan fingerprint density at radius 3 is 2.89 bits per heavy atom. The Bertz CT molecular complexity index is 575. The number of hydrogen-bond donors (Lipinski definition) is 1. The zero-order valence-corrected chi connectivity index (χ0v) is 11.7. The van der Waals surface area contributed by atoms with Crippen LogP contribution in [0.5, 0.6) is 0 Å². The van der Waals surface area contributed by atoms with Gasteiger partial charge in [0.1, 0.15) is 5.58 Å². The van der Waals surface area contributed by atoms with E-state index in [0.717, 1.165) is 36.0 Å². The van der Waals surface area contributed by atoms with Crippen LogP contribution in [0.3, 0.4) is 0 Å². The normalized spacial score (nSPS) is 10.9. The molecular weight excluding hydrogens is 240 g/mol. The third-order valence-corrected chi connectivity index (χ3v) is 3.15. The smallest absolute Gasteiger partial charge is 0.289 e. The van der Waals surface area contributed by atoms with Crippen LogP contribution in [0.15, 0.2) is 28.7 Å². The molecule has 0 atom stereocenters. The van der Waals surface area contributed by atoms with Crippen LogP contribution >= 0.6 is 0 Å². The second kappa shape index (κ2) is 5.89. The number of carbonyl (C=O) groups excluding carboxylic acids is 1. The summed E-state index contributed by atoms with van der Waals surface area (Å²) < 4.78 is 5.61. The highest BCUT2D eigenvalue weighted by atomic mass is 16.3. The molecule has 4 nitrogen and oxygen atoms in total. The number of furan rings is 1. The minimum absolute atomic E-state index is 0.0649. The lowest BCUT2D eigenvalue weighted by atomic mass is 10.2. The molecule has 0 aliphatic rings. The molecule has 1 aromatic carbocycles. The second-order valence-corrected chi connectivity index (χ2v) is 4.84. The molecule has 1 amide bonds. The van der Waals surface area contributed by atoms with Crippen molar-refractivity contribution >= 4 is 16.9 Å². The number of nitrogens with one attached hydrogen (secondary N) is 1. The molecule has 0 spiro atoms. The maximum Gasteiger partial charge on any atom is 0.289 e. The first kappa shape index (κ1) is 13.6. The molecule has 19 heavy (non-hydrogen) atoms. The van der Waals surface area contributed by atoms with Crippen molar-refractivity contribution in [2.45, 2.75) is 13.3 Å². The number of nitrogens with zero attached hydrogens (tertiary/aromatic N) is 1. The number of hydrogen-bond acceptors (Lipinski definition) is 3. The number of benzene rings is 1. The topological polar surface area (TPSA) is 45.5 Å². The minimum atomic E-state index is -0.0649. The van der Waals surface area contributed by atoms with Crippen molar-refractivity contribution in [3.63, 3.8) is 0 Å². The standard InChI is InChI=1S/C15H20N2O2/c1-11-5-6-13-12(9-11)10-14(19-13)15(18)17(3)8-4-7-16-2/h5-6,9-10,16H,4,7-8H2,1-3H3. The van der Waals surface area contributed by atoms with E-state index in [1.807, 2.05) is 38.2 Å². The number of amides is 1. The lowest BCUT2D eigenvalue weighted by molar-refractivity contribution is 0.0764. The summed E-state index contributed by atoms with van der Waals surface area (Å²) in [5.41, 5.74) is 1.92. The number of carbonyl (C=O) groups is 1. The van der Waals surface area contributed by atoms with E-state index in [1.165, 1.54) is 0 Å². The Labute approximate surface area is 113 Å². The molecule has 0 saturated carbocycles. The molecule has 4 heteroatoms. The highest BCUT2D eigenvalue weighted by Gasteiger charge is 2.16. The molecule has 0 bridgehead atoms. The number of fused-ring (bicyclic) bond motifs is 1. The van der Waals surface area contributed by atoms with Gasteiger partial charge in [-0.3, -0.25) is 4.79 Å². The molecule has 0 radical (unpaired) electrons. The third-order valence-electron chi connectivity index (χ3n) is 3.15. The third kappa shape index (κ3) is 3.15. The molecule has 2 aromatic rings. The molecule has 102 valence electrons. The van der Waals surface area contributed by atoms with Crippen LogP contribution in [0.25, 0.3) is 11.0 Å². The summed E-state index contributed by atoms with van der Waals surface area (Å²) in [5, 5.41) is 4.05. The van der Waals surface area contributed by atoms with E-state index in [1.54, 1.807) is 11.9 Å². The van der Waals surface area contributed by atoms with Crippen LogP contribution < -0.4 is 5.32 Å². The summed E-state index contributed by atoms with van der Waals surface area (Å²) in [6, 6.07) is 7.73. The number of aryl methyl sites for hydroxylation is 1. The van der Waals surface area contributed by atoms with Crippen molar-refractivity contribution in [2.24, 2.45) is 0 Å². The van der Waals surface area contributed by atoms with Crippen LogP contribution in [0.2, 0.25) is 0 Å². The van der Waals surface area contributed by atoms with Crippen LogP contribution in [0, 0.1) is 6.92 Å². The molecule has 1 aromatic heterocycles. The molecular formula is C15H20N2O2. The molecule has 0 aliphatic carbocycles. The largest absolute Gasteiger partial charge is 0.451 e. The summed E-state index contributed by atoms with van der Waals surface area (Å²) >= 11 is 0. The summed E-state index contributed by atoms with van der Waals surface area (Å²) in [4.78, 5) is 13.9. The van der Waals surface area contributed by atoms with Gasteiger partial charge < -0.3 is 14.6 Å². The first-order chi connectivity index (χ1) is 9.11. The van der Waals surface area contributed by atoms with Gasteiger partial charge in [0, 0.05) is 19.0 Å². The second-order valence-electron chi connectivity index (χ2n) is 4.84. The van der Waals surface area contributed by atoms with Gasteiger partial charge in [0.15, 0.2) is 5.76 Å². The van der Waals surface area contributed by atoms with Gasteiger partial charge in [0.2, 0.25) is 0 Å². The lowest BCUT2D eigenvalue weighted by Gasteiger charge is -2.15. The van der Waals surface area contributed by atoms with Crippen molar-refractivity contribution in [3.05, 3.63) is 35.6 Å². The highest BCUT2D eigenvalue weighted by Crippen LogP contribution is 2.21. The molecule has 0 saturated heterocycles. The Morgan fingerprint density at radius 1 is 1.37 bits per heavy atom. The molecule has 0 aliphatic heterocycles. The summed E-state index contributed by atoms with van der Waals surface area (Å²) in [5.74, 6) is 0.345. The molecule has 0 fully saturated rings. The van der Waals surface area contributed by atoms with E-state index in [-0.39, 0.29) is 5.91 Å². The average Bonchev–Trinajstić information content (AvgIpc) is 2.80. The van der Waals surface area contributed by atoms with Crippen LogP contribution in [-0.2, 0) is 0 Å². The van der Waals surface area contributed by atoms with Gasteiger partial charge in [-0.05, 0) is 45.1 Å². The van der Waals surface area contributed by atoms with Crippen LogP contribution in [-0.4, -0.2) is 38.0 Å². The van der Waals surface area contributed by atoms with Gasteiger partial charge in [-0.15, -0.1) is 0 Å². The highest BCUT2D eigenvalue weighted by molar-refractivity contribution is 5.96. The minimum Gasteiger partial charge on any atom is -0.451 e. The maximum atomic E-state index is 12.2. The van der Waals surface area contributed by atoms with Crippen molar-refractivity contribution in [2.75, 3.05) is 27.2 Å². The molecule has 2 rings (SSSR count). The van der Waals surface area contributed by atoms with Gasteiger partial charge in [-0.1, -0.05) is 11.6 Å². The van der Waals surface area contributed by atoms with E-state index in [9.17, 15) is 4.79 Å². The van der Waals surface area contributed by atoms with E-state index in [0.29, 0.717) is 5.76 Å². The van der Waals surface area contributed by atoms with Gasteiger partial charge in [-0.25, -0.2) is 0 Å². The Balaban J connectivity index is 2.12. The predicted octanol–water partition coefficient (Wildman–Crippen LogP) is 2.42. The van der Waals surface area contributed by atoms with E-state index >= 15 is 0 Å². The number of rotatable bonds is 5. The zero-order valence-electron chi connectivity index (χ0n) is 11.7. The first-order valence-corrected chi connectivity index (χ1v) is 6.52. The summed E-state index contributed by atoms with van der Waals surface area (Å²) in [6.07, 6.45) is 0.929. The monoisotopic (exact) mass is 260 g/mol. The average molecular weight is 260 g/mol. The Kier molecular flexibility index (Phi) is 4.22. The van der Waals surface area contributed by atoms with Gasteiger partial charge in [0.25, 0.3) is 5.91 Å². The first-order valence-electron chi connectivity index (χ1n) is 6.52. The predicted molar refractivity (Wildman–Crippen MR) is 76.5 cm³/mol. The van der Waals surface area contributed by atoms with E-state index in [4.69, 9.17) is 4.42 Å². The van der Waals surface area contributed by atoms with Crippen molar-refractivity contribution in [1.82, 2.24) is 10.2 Å². The Hall–Kier alpha value is -1.81. The van der Waals surface area contributed by atoms with Gasteiger partial charge in [-0.2, -0.15) is 0 Å².